The van der Waals surface area contributed by atoms with E-state index in [9.17, 15) is 0 Å². The molecule has 0 unspecified atom stereocenters. The molecule has 5 rings (SSSR count). The second kappa shape index (κ2) is 4.45. The summed E-state index contributed by atoms with van der Waals surface area (Å²) in [5, 5.41) is 8.22. The van der Waals surface area contributed by atoms with Crippen LogP contribution in [0.15, 0.2) is 66.7 Å². The van der Waals surface area contributed by atoms with Gasteiger partial charge < -0.3 is 0 Å². The highest BCUT2D eigenvalue weighted by Crippen LogP contribution is 2.38. The van der Waals surface area contributed by atoms with Crippen LogP contribution in [0.1, 0.15) is 17.5 Å². The van der Waals surface area contributed by atoms with Crippen molar-refractivity contribution in [2.45, 2.75) is 12.8 Å². The Labute approximate surface area is 129 Å². The first-order chi connectivity index (χ1) is 10.9. The smallest absolute Gasteiger partial charge is 0.00928 e. The highest BCUT2D eigenvalue weighted by atomic mass is 14.2. The Morgan fingerprint density at radius 2 is 1.32 bits per heavy atom. The standard InChI is InChI=1S/C22H16/c1-2-8-16-14-22-20-12-6-4-10-18(20)17-9-3-5-11-19(17)21(22)13-15(16)7-1/h1-3,5-9,11-14H,4,10H2. The fourth-order valence-corrected chi connectivity index (χ4v) is 3.86. The van der Waals surface area contributed by atoms with Crippen molar-refractivity contribution in [3.05, 3.63) is 77.9 Å². The Bertz CT molecular complexity index is 1070. The molecule has 0 N–H and O–H groups in total. The number of fused-ring (bicyclic) bond motifs is 7. The first kappa shape index (κ1) is 12.0. The van der Waals surface area contributed by atoms with E-state index in [2.05, 4.69) is 72.8 Å². The van der Waals surface area contributed by atoms with Gasteiger partial charge in [0.25, 0.3) is 0 Å². The fraction of sp³-hybridized carbons (Fsp3) is 0.0909. The molecule has 0 heteroatoms. The van der Waals surface area contributed by atoms with E-state index in [-0.39, 0.29) is 0 Å². The van der Waals surface area contributed by atoms with Crippen LogP contribution in [0.4, 0.5) is 0 Å². The molecule has 4 aromatic carbocycles. The first-order valence-electron chi connectivity index (χ1n) is 7.94. The second-order valence-corrected chi connectivity index (χ2v) is 6.12. The third-order valence-electron chi connectivity index (χ3n) is 4.89. The molecule has 22 heavy (non-hydrogen) atoms. The molecule has 0 bridgehead atoms. The maximum atomic E-state index is 2.37. The zero-order valence-electron chi connectivity index (χ0n) is 12.3. The molecule has 0 amide bonds. The molecule has 0 radical (unpaired) electrons. The number of hydrogen-bond donors (Lipinski definition) is 0. The summed E-state index contributed by atoms with van der Waals surface area (Å²) in [5.41, 5.74) is 2.94. The van der Waals surface area contributed by atoms with Gasteiger partial charge in [0.2, 0.25) is 0 Å². The van der Waals surface area contributed by atoms with Gasteiger partial charge in [0.1, 0.15) is 0 Å². The predicted molar refractivity (Wildman–Crippen MR) is 96.3 cm³/mol. The Balaban J connectivity index is 2.09. The number of rotatable bonds is 0. The van der Waals surface area contributed by atoms with E-state index in [0.717, 1.165) is 12.8 Å². The van der Waals surface area contributed by atoms with Crippen molar-refractivity contribution >= 4 is 38.4 Å². The molecule has 0 saturated carbocycles. The lowest BCUT2D eigenvalue weighted by Gasteiger charge is -2.18. The third-order valence-corrected chi connectivity index (χ3v) is 4.89. The largest absolute Gasteiger partial charge is 0.0836 e. The summed E-state index contributed by atoms with van der Waals surface area (Å²) < 4.78 is 0. The summed E-state index contributed by atoms with van der Waals surface area (Å²) in [4.78, 5) is 0. The van der Waals surface area contributed by atoms with E-state index in [1.54, 1.807) is 0 Å². The molecule has 1 aliphatic carbocycles. The van der Waals surface area contributed by atoms with Gasteiger partial charge in [-0.2, -0.15) is 0 Å². The number of hydrogen-bond acceptors (Lipinski definition) is 0. The molecule has 4 aromatic rings. The van der Waals surface area contributed by atoms with Crippen LogP contribution in [0, 0.1) is 0 Å². The lowest BCUT2D eigenvalue weighted by Crippen LogP contribution is -1.97. The molecule has 0 saturated heterocycles. The predicted octanol–water partition coefficient (Wildman–Crippen LogP) is 6.11. The molecule has 0 atom stereocenters. The normalized spacial score (nSPS) is 13.8. The van der Waals surface area contributed by atoms with E-state index in [1.165, 1.54) is 43.4 Å². The van der Waals surface area contributed by atoms with Crippen molar-refractivity contribution in [2.24, 2.45) is 0 Å². The minimum atomic E-state index is 1.15. The average molecular weight is 280 g/mol. The van der Waals surface area contributed by atoms with Crippen LogP contribution < -0.4 is 0 Å². The highest BCUT2D eigenvalue weighted by Gasteiger charge is 2.14. The molecule has 0 aliphatic heterocycles. The molecule has 104 valence electrons. The summed E-state index contributed by atoms with van der Waals surface area (Å²) in [5.74, 6) is 0. The van der Waals surface area contributed by atoms with E-state index in [0.29, 0.717) is 0 Å². The van der Waals surface area contributed by atoms with E-state index < -0.39 is 0 Å². The van der Waals surface area contributed by atoms with Gasteiger partial charge in [0.15, 0.2) is 0 Å². The number of allylic oxidation sites excluding steroid dienone is 1. The average Bonchev–Trinajstić information content (AvgIpc) is 2.61. The van der Waals surface area contributed by atoms with Crippen LogP contribution in [0.5, 0.6) is 0 Å². The van der Waals surface area contributed by atoms with Crippen LogP contribution in [0.25, 0.3) is 38.4 Å². The van der Waals surface area contributed by atoms with Gasteiger partial charge >= 0.3 is 0 Å². The molecular formula is C22H16. The SMILES string of the molecule is C1=Cc2c(c3ccccc3c3cc4ccccc4cc23)CC1. The minimum absolute atomic E-state index is 1.15. The quantitative estimate of drug-likeness (QED) is 0.269. The summed E-state index contributed by atoms with van der Waals surface area (Å²) in [6, 6.07) is 22.2. The summed E-state index contributed by atoms with van der Waals surface area (Å²) in [6.45, 7) is 0. The van der Waals surface area contributed by atoms with Crippen LogP contribution in [-0.4, -0.2) is 0 Å². The summed E-state index contributed by atoms with van der Waals surface area (Å²) in [6.07, 6.45) is 6.93. The van der Waals surface area contributed by atoms with E-state index in [4.69, 9.17) is 0 Å². The van der Waals surface area contributed by atoms with Gasteiger partial charge in [-0.15, -0.1) is 0 Å². The maximum absolute atomic E-state index is 2.37. The van der Waals surface area contributed by atoms with Gasteiger partial charge in [0, 0.05) is 0 Å². The van der Waals surface area contributed by atoms with Gasteiger partial charge in [-0.1, -0.05) is 60.7 Å². The number of aryl methyl sites for hydroxylation is 1. The van der Waals surface area contributed by atoms with Crippen LogP contribution in [-0.2, 0) is 6.42 Å². The zero-order valence-corrected chi connectivity index (χ0v) is 12.3. The third kappa shape index (κ3) is 1.58. The molecule has 0 heterocycles. The van der Waals surface area contributed by atoms with Gasteiger partial charge in [0.05, 0.1) is 0 Å². The summed E-state index contributed by atoms with van der Waals surface area (Å²) in [7, 11) is 0. The molecular weight excluding hydrogens is 264 g/mol. The topological polar surface area (TPSA) is 0 Å². The van der Waals surface area contributed by atoms with Crippen molar-refractivity contribution < 1.29 is 0 Å². The molecule has 0 nitrogen and oxygen atoms in total. The maximum Gasteiger partial charge on any atom is -0.00928 e. The van der Waals surface area contributed by atoms with Crippen LogP contribution in [0.3, 0.4) is 0 Å². The molecule has 1 aliphatic rings. The zero-order chi connectivity index (χ0) is 14.5. The Kier molecular flexibility index (Phi) is 2.42. The van der Waals surface area contributed by atoms with E-state index >= 15 is 0 Å². The first-order valence-corrected chi connectivity index (χ1v) is 7.94. The second-order valence-electron chi connectivity index (χ2n) is 6.12. The lowest BCUT2D eigenvalue weighted by atomic mass is 9.86. The number of benzene rings is 4. The van der Waals surface area contributed by atoms with Crippen molar-refractivity contribution in [3.8, 4) is 0 Å². The van der Waals surface area contributed by atoms with Gasteiger partial charge in [-0.05, 0) is 68.4 Å². The minimum Gasteiger partial charge on any atom is -0.0836 e. The highest BCUT2D eigenvalue weighted by molar-refractivity contribution is 6.16. The van der Waals surface area contributed by atoms with Gasteiger partial charge in [-0.25, -0.2) is 0 Å². The molecule has 0 fully saturated rings. The Morgan fingerprint density at radius 3 is 2.14 bits per heavy atom. The Morgan fingerprint density at radius 1 is 0.636 bits per heavy atom. The fourth-order valence-electron chi connectivity index (χ4n) is 3.86. The van der Waals surface area contributed by atoms with Crippen molar-refractivity contribution in [1.82, 2.24) is 0 Å². The van der Waals surface area contributed by atoms with E-state index in [1.807, 2.05) is 0 Å². The lowest BCUT2D eigenvalue weighted by molar-refractivity contribution is 1.00. The van der Waals surface area contributed by atoms with Crippen LogP contribution >= 0.6 is 0 Å². The van der Waals surface area contributed by atoms with Gasteiger partial charge in [-0.3, -0.25) is 0 Å². The summed E-state index contributed by atoms with van der Waals surface area (Å²) >= 11 is 0. The van der Waals surface area contributed by atoms with Crippen molar-refractivity contribution in [1.29, 1.82) is 0 Å². The van der Waals surface area contributed by atoms with Crippen molar-refractivity contribution in [2.75, 3.05) is 0 Å². The molecule has 0 aromatic heterocycles. The van der Waals surface area contributed by atoms with Crippen molar-refractivity contribution in [3.63, 3.8) is 0 Å². The van der Waals surface area contributed by atoms with Crippen LogP contribution in [0.2, 0.25) is 0 Å². The molecule has 0 spiro atoms. The monoisotopic (exact) mass is 280 g/mol. The Hall–Kier alpha value is -2.60.